The van der Waals surface area contributed by atoms with Gasteiger partial charge >= 0.3 is 0 Å². The van der Waals surface area contributed by atoms with E-state index in [4.69, 9.17) is 10.5 Å². The second-order valence-corrected chi connectivity index (χ2v) is 4.53. The lowest BCUT2D eigenvalue weighted by Gasteiger charge is -2.29. The number of hydrogen-bond acceptors (Lipinski definition) is 3. The number of carbonyl (C=O) groups excluding carboxylic acids is 1. The third-order valence-electron chi connectivity index (χ3n) is 3.08. The molecule has 4 nitrogen and oxygen atoms in total. The number of rotatable bonds is 5. The van der Waals surface area contributed by atoms with E-state index >= 15 is 0 Å². The maximum atomic E-state index is 11.9. The summed E-state index contributed by atoms with van der Waals surface area (Å²) in [5.74, 6) is 0.847. The first-order valence-corrected chi connectivity index (χ1v) is 6.52. The second kappa shape index (κ2) is 5.87. The molecule has 1 aliphatic heterocycles. The molecule has 0 atom stereocenters. The maximum absolute atomic E-state index is 11.9. The van der Waals surface area contributed by atoms with Crippen molar-refractivity contribution in [3.8, 4) is 5.75 Å². The number of carbonyl (C=O) groups is 1. The van der Waals surface area contributed by atoms with Gasteiger partial charge in [-0.05, 0) is 43.5 Å². The number of nitrogens with two attached hydrogens (primary N) is 1. The molecule has 0 unspecified atom stereocenters. The van der Waals surface area contributed by atoms with E-state index in [-0.39, 0.29) is 12.5 Å². The van der Waals surface area contributed by atoms with Crippen LogP contribution in [-0.2, 0) is 11.2 Å². The fourth-order valence-corrected chi connectivity index (χ4v) is 2.18. The Morgan fingerprint density at radius 2 is 2.28 bits per heavy atom. The van der Waals surface area contributed by atoms with Crippen LogP contribution in [0.3, 0.4) is 0 Å². The van der Waals surface area contributed by atoms with E-state index < -0.39 is 0 Å². The van der Waals surface area contributed by atoms with Gasteiger partial charge in [-0.25, -0.2) is 0 Å². The monoisotopic (exact) mass is 248 g/mol. The molecule has 1 aromatic carbocycles. The highest BCUT2D eigenvalue weighted by Crippen LogP contribution is 2.33. The Kier molecular flexibility index (Phi) is 4.20. The topological polar surface area (TPSA) is 55.6 Å². The molecule has 0 spiro atoms. The largest absolute Gasteiger partial charge is 0.482 e. The number of amides is 1. The lowest BCUT2D eigenvalue weighted by Crippen LogP contribution is -2.39. The molecule has 1 heterocycles. The van der Waals surface area contributed by atoms with E-state index in [2.05, 4.69) is 19.1 Å². The molecule has 98 valence electrons. The van der Waals surface area contributed by atoms with Crippen LogP contribution in [0.4, 0.5) is 5.69 Å². The molecular formula is C14H20N2O2. The first-order chi connectivity index (χ1) is 8.76. The van der Waals surface area contributed by atoms with Gasteiger partial charge in [-0.1, -0.05) is 13.0 Å². The van der Waals surface area contributed by atoms with Crippen molar-refractivity contribution in [3.05, 3.63) is 23.8 Å². The number of fused-ring (bicyclic) bond motifs is 1. The number of hydrogen-bond donors (Lipinski definition) is 1. The van der Waals surface area contributed by atoms with Crippen LogP contribution >= 0.6 is 0 Å². The Hall–Kier alpha value is -1.55. The van der Waals surface area contributed by atoms with Gasteiger partial charge < -0.3 is 15.4 Å². The van der Waals surface area contributed by atoms with E-state index in [1.807, 2.05) is 11.0 Å². The quantitative estimate of drug-likeness (QED) is 0.863. The third-order valence-corrected chi connectivity index (χ3v) is 3.08. The minimum atomic E-state index is 0.0420. The van der Waals surface area contributed by atoms with E-state index in [1.54, 1.807) is 0 Å². The molecule has 0 aliphatic carbocycles. The Labute approximate surface area is 108 Å². The van der Waals surface area contributed by atoms with Gasteiger partial charge in [0.05, 0.1) is 5.69 Å². The fourth-order valence-electron chi connectivity index (χ4n) is 2.18. The summed E-state index contributed by atoms with van der Waals surface area (Å²) in [6, 6.07) is 6.06. The van der Waals surface area contributed by atoms with E-state index in [0.717, 1.165) is 37.2 Å². The summed E-state index contributed by atoms with van der Waals surface area (Å²) >= 11 is 0. The molecule has 18 heavy (non-hydrogen) atoms. The zero-order chi connectivity index (χ0) is 13.0. The third kappa shape index (κ3) is 2.64. The molecule has 2 rings (SSSR count). The standard InChI is InChI=1S/C14H20N2O2/c1-2-8-16-12-9-11(4-3-7-15)5-6-13(12)18-10-14(16)17/h5-6,9H,2-4,7-8,10,15H2,1H3. The van der Waals surface area contributed by atoms with E-state index in [0.29, 0.717) is 6.54 Å². The van der Waals surface area contributed by atoms with Crippen molar-refractivity contribution in [3.63, 3.8) is 0 Å². The summed E-state index contributed by atoms with van der Waals surface area (Å²) < 4.78 is 5.46. The average molecular weight is 248 g/mol. The smallest absolute Gasteiger partial charge is 0.265 e. The Balaban J connectivity index is 2.26. The molecule has 0 bridgehead atoms. The van der Waals surface area contributed by atoms with Crippen LogP contribution in [0.25, 0.3) is 0 Å². The number of benzene rings is 1. The zero-order valence-electron chi connectivity index (χ0n) is 10.8. The number of aryl methyl sites for hydroxylation is 1. The van der Waals surface area contributed by atoms with Crippen molar-refractivity contribution in [2.75, 3.05) is 24.6 Å². The van der Waals surface area contributed by atoms with Crippen molar-refractivity contribution in [1.82, 2.24) is 0 Å². The molecule has 1 amide bonds. The summed E-state index contributed by atoms with van der Waals surface area (Å²) in [7, 11) is 0. The molecule has 0 fully saturated rings. The number of ether oxygens (including phenoxy) is 1. The summed E-state index contributed by atoms with van der Waals surface area (Å²) in [4.78, 5) is 13.7. The minimum Gasteiger partial charge on any atom is -0.482 e. The van der Waals surface area contributed by atoms with Gasteiger partial charge in [0.25, 0.3) is 5.91 Å². The van der Waals surface area contributed by atoms with Gasteiger partial charge in [-0.2, -0.15) is 0 Å². The molecule has 1 aliphatic rings. The zero-order valence-corrected chi connectivity index (χ0v) is 10.8. The maximum Gasteiger partial charge on any atom is 0.265 e. The lowest BCUT2D eigenvalue weighted by molar-refractivity contribution is -0.121. The first-order valence-electron chi connectivity index (χ1n) is 6.52. The van der Waals surface area contributed by atoms with Gasteiger partial charge in [-0.3, -0.25) is 4.79 Å². The molecule has 0 saturated carbocycles. The van der Waals surface area contributed by atoms with Crippen LogP contribution in [0.15, 0.2) is 18.2 Å². The van der Waals surface area contributed by atoms with Gasteiger partial charge in [0.2, 0.25) is 0 Å². The van der Waals surface area contributed by atoms with Crippen molar-refractivity contribution in [2.24, 2.45) is 5.73 Å². The van der Waals surface area contributed by atoms with Gasteiger partial charge in [0.15, 0.2) is 6.61 Å². The second-order valence-electron chi connectivity index (χ2n) is 4.53. The summed E-state index contributed by atoms with van der Waals surface area (Å²) in [5, 5.41) is 0. The summed E-state index contributed by atoms with van der Waals surface area (Å²) in [6.45, 7) is 3.65. The van der Waals surface area contributed by atoms with Gasteiger partial charge in [0, 0.05) is 6.54 Å². The SMILES string of the molecule is CCCN1C(=O)COc2ccc(CCCN)cc21. The lowest BCUT2D eigenvalue weighted by atomic mass is 10.1. The van der Waals surface area contributed by atoms with Crippen molar-refractivity contribution < 1.29 is 9.53 Å². The van der Waals surface area contributed by atoms with Crippen LogP contribution in [0.5, 0.6) is 5.75 Å². The van der Waals surface area contributed by atoms with Crippen LogP contribution in [0.2, 0.25) is 0 Å². The highest BCUT2D eigenvalue weighted by Gasteiger charge is 2.24. The van der Waals surface area contributed by atoms with Gasteiger partial charge in [0.1, 0.15) is 5.75 Å². The average Bonchev–Trinajstić information content (AvgIpc) is 2.39. The minimum absolute atomic E-state index is 0.0420. The Bertz CT molecular complexity index is 432. The fraction of sp³-hybridized carbons (Fsp3) is 0.500. The van der Waals surface area contributed by atoms with Crippen molar-refractivity contribution in [1.29, 1.82) is 0 Å². The Morgan fingerprint density at radius 3 is 3.00 bits per heavy atom. The van der Waals surface area contributed by atoms with Gasteiger partial charge in [-0.15, -0.1) is 0 Å². The molecule has 0 aromatic heterocycles. The van der Waals surface area contributed by atoms with Crippen LogP contribution in [-0.4, -0.2) is 25.6 Å². The summed E-state index contributed by atoms with van der Waals surface area (Å²) in [5.41, 5.74) is 7.63. The van der Waals surface area contributed by atoms with Crippen LogP contribution < -0.4 is 15.4 Å². The summed E-state index contributed by atoms with van der Waals surface area (Å²) in [6.07, 6.45) is 2.84. The molecular weight excluding hydrogens is 228 g/mol. The normalized spacial score (nSPS) is 14.3. The Morgan fingerprint density at radius 1 is 1.44 bits per heavy atom. The molecule has 4 heteroatoms. The highest BCUT2D eigenvalue weighted by atomic mass is 16.5. The van der Waals surface area contributed by atoms with Crippen LogP contribution in [0.1, 0.15) is 25.3 Å². The first kappa shape index (κ1) is 12.9. The predicted molar refractivity (Wildman–Crippen MR) is 72.0 cm³/mol. The van der Waals surface area contributed by atoms with E-state index in [9.17, 15) is 4.79 Å². The van der Waals surface area contributed by atoms with Crippen molar-refractivity contribution in [2.45, 2.75) is 26.2 Å². The van der Waals surface area contributed by atoms with Crippen molar-refractivity contribution >= 4 is 11.6 Å². The molecule has 0 radical (unpaired) electrons. The van der Waals surface area contributed by atoms with Crippen LogP contribution in [0, 0.1) is 0 Å². The van der Waals surface area contributed by atoms with E-state index in [1.165, 1.54) is 5.56 Å². The molecule has 0 saturated heterocycles. The number of nitrogens with zero attached hydrogens (tertiary/aromatic N) is 1. The highest BCUT2D eigenvalue weighted by molar-refractivity contribution is 5.97. The molecule has 2 N–H and O–H groups in total. The number of anilines is 1. The predicted octanol–water partition coefficient (Wildman–Crippen LogP) is 1.71. The molecule has 1 aromatic rings.